The van der Waals surface area contributed by atoms with Crippen LogP contribution in [0.15, 0.2) is 88.3 Å². The molecule has 0 spiro atoms. The van der Waals surface area contributed by atoms with Crippen LogP contribution >= 0.6 is 27.5 Å². The minimum absolute atomic E-state index is 0.161. The maximum Gasteiger partial charge on any atom is 0.261 e. The van der Waals surface area contributed by atoms with Gasteiger partial charge in [-0.3, -0.25) is 4.72 Å². The fourth-order valence-electron chi connectivity index (χ4n) is 4.52. The highest BCUT2D eigenvalue weighted by Crippen LogP contribution is 2.50. The number of anilines is 2. The molecule has 0 bridgehead atoms. The van der Waals surface area contributed by atoms with Crippen molar-refractivity contribution < 1.29 is 8.42 Å². The molecule has 31 heavy (non-hydrogen) atoms. The van der Waals surface area contributed by atoms with Gasteiger partial charge in [0, 0.05) is 16.1 Å². The Hall–Kier alpha value is -2.28. The van der Waals surface area contributed by atoms with Crippen molar-refractivity contribution in [3.05, 3.63) is 99.5 Å². The van der Waals surface area contributed by atoms with Crippen molar-refractivity contribution >= 4 is 48.9 Å². The van der Waals surface area contributed by atoms with Crippen molar-refractivity contribution in [1.82, 2.24) is 0 Å². The second kappa shape index (κ2) is 8.01. The molecule has 0 saturated carbocycles. The van der Waals surface area contributed by atoms with E-state index in [-0.39, 0.29) is 16.9 Å². The number of nitrogens with one attached hydrogen (secondary N) is 2. The highest BCUT2D eigenvalue weighted by atomic mass is 79.9. The predicted octanol–water partition coefficient (Wildman–Crippen LogP) is 6.73. The molecular weight excluding hydrogens is 496 g/mol. The summed E-state index contributed by atoms with van der Waals surface area (Å²) in [5.74, 6) is 0.493. The number of benzene rings is 3. The summed E-state index contributed by atoms with van der Waals surface area (Å²) in [5.41, 5.74) is 3.56. The van der Waals surface area contributed by atoms with E-state index in [0.717, 1.165) is 22.1 Å². The third kappa shape index (κ3) is 3.88. The Morgan fingerprint density at radius 1 is 1.03 bits per heavy atom. The molecular formula is C24H20BrClN2O2S. The highest BCUT2D eigenvalue weighted by Gasteiger charge is 2.38. The van der Waals surface area contributed by atoms with Crippen LogP contribution in [0, 0.1) is 5.92 Å². The van der Waals surface area contributed by atoms with Gasteiger partial charge >= 0.3 is 0 Å². The maximum atomic E-state index is 13.0. The van der Waals surface area contributed by atoms with Gasteiger partial charge in [-0.1, -0.05) is 63.9 Å². The molecule has 7 heteroatoms. The van der Waals surface area contributed by atoms with Crippen molar-refractivity contribution in [2.75, 3.05) is 10.0 Å². The van der Waals surface area contributed by atoms with Crippen molar-refractivity contribution in [1.29, 1.82) is 0 Å². The summed E-state index contributed by atoms with van der Waals surface area (Å²) < 4.78 is 29.7. The van der Waals surface area contributed by atoms with E-state index in [0.29, 0.717) is 16.6 Å². The number of para-hydroxylation sites is 1. The molecule has 0 saturated heterocycles. The van der Waals surface area contributed by atoms with E-state index < -0.39 is 10.0 Å². The third-order valence-electron chi connectivity index (χ3n) is 5.97. The zero-order valence-corrected chi connectivity index (χ0v) is 19.6. The lowest BCUT2D eigenvalue weighted by molar-refractivity contribution is 0.425. The predicted molar refractivity (Wildman–Crippen MR) is 129 cm³/mol. The molecule has 1 aliphatic heterocycles. The SMILES string of the molecule is O=S(=O)(Nc1ccccc1Cl)c1ccc2c(c1)[C@H]1C=CC[C@H]1[C@@H](c1cccc(Br)c1)N2. The number of hydrogen-bond acceptors (Lipinski definition) is 3. The lowest BCUT2D eigenvalue weighted by Crippen LogP contribution is -2.29. The fourth-order valence-corrected chi connectivity index (χ4v) is 6.29. The average Bonchev–Trinajstić information content (AvgIpc) is 3.24. The molecule has 2 N–H and O–H groups in total. The Morgan fingerprint density at radius 2 is 1.87 bits per heavy atom. The van der Waals surface area contributed by atoms with E-state index in [1.807, 2.05) is 18.2 Å². The molecule has 3 aromatic carbocycles. The lowest BCUT2D eigenvalue weighted by atomic mass is 9.77. The first kappa shape index (κ1) is 20.6. The van der Waals surface area contributed by atoms with E-state index in [9.17, 15) is 8.42 Å². The van der Waals surface area contributed by atoms with Crippen LogP contribution in [0.5, 0.6) is 0 Å². The first-order valence-corrected chi connectivity index (χ1v) is 12.7. The van der Waals surface area contributed by atoms with Gasteiger partial charge in [0.05, 0.1) is 21.6 Å². The summed E-state index contributed by atoms with van der Waals surface area (Å²) in [6, 6.07) is 20.6. The molecule has 0 aromatic heterocycles. The van der Waals surface area contributed by atoms with Gasteiger partial charge in [-0.15, -0.1) is 0 Å². The summed E-state index contributed by atoms with van der Waals surface area (Å²) in [6.07, 6.45) is 5.34. The lowest BCUT2D eigenvalue weighted by Gasteiger charge is -2.37. The number of hydrogen-bond donors (Lipinski definition) is 2. The van der Waals surface area contributed by atoms with Crippen LogP contribution < -0.4 is 10.0 Å². The molecule has 0 fully saturated rings. The van der Waals surface area contributed by atoms with Crippen molar-refractivity contribution in [2.45, 2.75) is 23.3 Å². The van der Waals surface area contributed by atoms with Gasteiger partial charge in [-0.25, -0.2) is 8.42 Å². The standard InChI is InChI=1S/C24H20BrClN2O2S/c25-16-6-3-5-15(13-16)24-19-8-4-7-18(19)20-14-17(11-12-22(20)27-24)31(29,30)28-23-10-2-1-9-21(23)26/h1-7,9-14,18-19,24,27-28H,8H2/t18-,19+,24+/m0/s1. The zero-order valence-electron chi connectivity index (χ0n) is 16.4. The molecule has 3 aromatic rings. The topological polar surface area (TPSA) is 58.2 Å². The zero-order chi connectivity index (χ0) is 21.6. The second-order valence-electron chi connectivity index (χ2n) is 7.86. The quantitative estimate of drug-likeness (QED) is 0.379. The molecule has 4 nitrogen and oxygen atoms in total. The van der Waals surface area contributed by atoms with Gasteiger partial charge < -0.3 is 5.32 Å². The number of rotatable bonds is 4. The minimum Gasteiger partial charge on any atom is -0.378 e. The molecule has 1 heterocycles. The molecule has 1 aliphatic carbocycles. The molecule has 0 unspecified atom stereocenters. The average molecular weight is 516 g/mol. The summed E-state index contributed by atoms with van der Waals surface area (Å²) in [6.45, 7) is 0. The smallest absolute Gasteiger partial charge is 0.261 e. The summed E-state index contributed by atoms with van der Waals surface area (Å²) in [5, 5.41) is 4.01. The molecule has 158 valence electrons. The van der Waals surface area contributed by atoms with Gasteiger partial charge in [0.25, 0.3) is 10.0 Å². The van der Waals surface area contributed by atoms with E-state index in [4.69, 9.17) is 11.6 Å². The van der Waals surface area contributed by atoms with E-state index in [1.54, 1.807) is 36.4 Å². The minimum atomic E-state index is -3.76. The third-order valence-corrected chi connectivity index (χ3v) is 8.16. The van der Waals surface area contributed by atoms with Crippen molar-refractivity contribution in [3.63, 3.8) is 0 Å². The summed E-state index contributed by atoms with van der Waals surface area (Å²) in [7, 11) is -3.76. The second-order valence-corrected chi connectivity index (χ2v) is 10.9. The van der Waals surface area contributed by atoms with E-state index in [2.05, 4.69) is 50.3 Å². The first-order valence-electron chi connectivity index (χ1n) is 10.0. The Balaban J connectivity index is 1.51. The van der Waals surface area contributed by atoms with Crippen molar-refractivity contribution in [3.8, 4) is 0 Å². The van der Waals surface area contributed by atoms with Gasteiger partial charge in [0.2, 0.25) is 0 Å². The molecule has 0 amide bonds. The molecule has 5 rings (SSSR count). The molecule has 0 radical (unpaired) electrons. The normalized spacial score (nSPS) is 21.8. The Labute approximate surface area is 195 Å². The van der Waals surface area contributed by atoms with Crippen LogP contribution in [0.25, 0.3) is 0 Å². The van der Waals surface area contributed by atoms with Gasteiger partial charge in [0.15, 0.2) is 0 Å². The number of fused-ring (bicyclic) bond motifs is 3. The van der Waals surface area contributed by atoms with Crippen LogP contribution in [0.1, 0.15) is 29.5 Å². The van der Waals surface area contributed by atoms with Crippen LogP contribution in [0.4, 0.5) is 11.4 Å². The monoisotopic (exact) mass is 514 g/mol. The highest BCUT2D eigenvalue weighted by molar-refractivity contribution is 9.10. The Kier molecular flexibility index (Phi) is 5.32. The van der Waals surface area contributed by atoms with Gasteiger partial charge in [-0.05, 0) is 65.9 Å². The molecule has 2 aliphatic rings. The van der Waals surface area contributed by atoms with E-state index in [1.165, 1.54) is 5.56 Å². The fraction of sp³-hybridized carbons (Fsp3) is 0.167. The number of halogens is 2. The van der Waals surface area contributed by atoms with Crippen LogP contribution in [-0.4, -0.2) is 8.42 Å². The van der Waals surface area contributed by atoms with E-state index >= 15 is 0 Å². The van der Waals surface area contributed by atoms with Gasteiger partial charge in [0.1, 0.15) is 0 Å². The number of allylic oxidation sites excluding steroid dienone is 2. The van der Waals surface area contributed by atoms with Gasteiger partial charge in [-0.2, -0.15) is 0 Å². The Morgan fingerprint density at radius 3 is 2.68 bits per heavy atom. The van der Waals surface area contributed by atoms with Crippen molar-refractivity contribution in [2.24, 2.45) is 5.92 Å². The molecule has 3 atom stereocenters. The maximum absolute atomic E-state index is 13.0. The largest absolute Gasteiger partial charge is 0.378 e. The van der Waals surface area contributed by atoms with Crippen LogP contribution in [-0.2, 0) is 10.0 Å². The summed E-state index contributed by atoms with van der Waals surface area (Å²) in [4.78, 5) is 0.230. The first-order chi connectivity index (χ1) is 14.9. The van der Waals surface area contributed by atoms with Crippen LogP contribution in [0.2, 0.25) is 5.02 Å². The number of sulfonamides is 1. The summed E-state index contributed by atoms with van der Waals surface area (Å²) >= 11 is 9.71. The Bertz CT molecular complexity index is 1290. The van der Waals surface area contributed by atoms with Crippen LogP contribution in [0.3, 0.4) is 0 Å².